The second kappa shape index (κ2) is 9.93. The van der Waals surface area contributed by atoms with Crippen LogP contribution in [0, 0.1) is 0 Å². The fourth-order valence-corrected chi connectivity index (χ4v) is 5.75. The average Bonchev–Trinajstić information content (AvgIpc) is 2.90. The maximum Gasteiger partial charge on any atom is 0.343 e. The molecular weight excluding hydrogens is 474 g/mol. The molecule has 3 aromatic carbocycles. The van der Waals surface area contributed by atoms with Gasteiger partial charge in [-0.2, -0.15) is 0 Å². The predicted octanol–water partition coefficient (Wildman–Crippen LogP) is 6.77. The first-order valence-corrected chi connectivity index (χ1v) is 13.2. The topological polar surface area (TPSA) is 60.9 Å². The van der Waals surface area contributed by atoms with Crippen LogP contribution in [0.15, 0.2) is 84.4 Å². The van der Waals surface area contributed by atoms with Gasteiger partial charge in [-0.3, -0.25) is 9.59 Å². The Hall–Kier alpha value is -4.19. The number of carbonyl (C=O) groups excluding carboxylic acids is 3. The highest BCUT2D eigenvalue weighted by atomic mass is 16.2. The molecular formula is C32H33N3O3. The molecule has 38 heavy (non-hydrogen) atoms. The van der Waals surface area contributed by atoms with Gasteiger partial charge < -0.3 is 4.90 Å². The first-order valence-electron chi connectivity index (χ1n) is 13.2. The number of fused-ring (bicyclic) bond motifs is 1. The largest absolute Gasteiger partial charge is 0.366 e. The molecule has 194 valence electrons. The maximum atomic E-state index is 13.7. The zero-order chi connectivity index (χ0) is 27.0. The Bertz CT molecular complexity index is 1350. The minimum atomic E-state index is -0.689. The number of barbiturate groups is 1. The number of para-hydroxylation sites is 2. The molecule has 1 saturated heterocycles. The molecule has 0 radical (unpaired) electrons. The van der Waals surface area contributed by atoms with Gasteiger partial charge in [0, 0.05) is 17.8 Å². The van der Waals surface area contributed by atoms with Crippen molar-refractivity contribution in [1.82, 2.24) is 0 Å². The molecule has 0 aromatic heterocycles. The third-order valence-corrected chi connectivity index (χ3v) is 7.45. The van der Waals surface area contributed by atoms with Crippen molar-refractivity contribution in [1.29, 1.82) is 0 Å². The Morgan fingerprint density at radius 3 is 1.92 bits per heavy atom. The Morgan fingerprint density at radius 1 is 0.842 bits per heavy atom. The standard InChI is InChI=1S/C32H33N3O3/c1-5-18-33-28-17-16-23(19-26(28)22(2)21-32(33,3)4)20-27-29(36)34(24-12-8-6-9-13-24)31(38)35(30(27)37)25-14-10-7-11-15-25/h6-17,19-20,22H,5,18,21H2,1-4H3. The van der Waals surface area contributed by atoms with Crippen LogP contribution >= 0.6 is 0 Å². The molecule has 2 aliphatic heterocycles. The molecule has 6 nitrogen and oxygen atoms in total. The Labute approximate surface area is 224 Å². The highest BCUT2D eigenvalue weighted by Gasteiger charge is 2.44. The van der Waals surface area contributed by atoms with E-state index in [4.69, 9.17) is 0 Å². The molecule has 5 rings (SSSR count). The van der Waals surface area contributed by atoms with E-state index < -0.39 is 17.8 Å². The Morgan fingerprint density at radius 2 is 1.39 bits per heavy atom. The van der Waals surface area contributed by atoms with Crippen molar-refractivity contribution in [3.63, 3.8) is 0 Å². The van der Waals surface area contributed by atoms with Gasteiger partial charge in [0.1, 0.15) is 5.57 Å². The monoisotopic (exact) mass is 507 g/mol. The van der Waals surface area contributed by atoms with E-state index in [9.17, 15) is 14.4 Å². The van der Waals surface area contributed by atoms with Gasteiger partial charge in [0.05, 0.1) is 11.4 Å². The van der Waals surface area contributed by atoms with Gasteiger partial charge in [-0.25, -0.2) is 14.6 Å². The van der Waals surface area contributed by atoms with Gasteiger partial charge in [-0.1, -0.05) is 56.3 Å². The Kier molecular flexibility index (Phi) is 6.66. The van der Waals surface area contributed by atoms with Gasteiger partial charge in [-0.05, 0) is 86.2 Å². The van der Waals surface area contributed by atoms with Crippen molar-refractivity contribution in [3.05, 3.63) is 95.6 Å². The van der Waals surface area contributed by atoms with Gasteiger partial charge >= 0.3 is 6.03 Å². The van der Waals surface area contributed by atoms with E-state index in [0.29, 0.717) is 17.3 Å². The van der Waals surface area contributed by atoms with Crippen molar-refractivity contribution < 1.29 is 14.4 Å². The zero-order valence-electron chi connectivity index (χ0n) is 22.3. The second-order valence-corrected chi connectivity index (χ2v) is 10.7. The van der Waals surface area contributed by atoms with Crippen LogP contribution in [0.2, 0.25) is 0 Å². The summed E-state index contributed by atoms with van der Waals surface area (Å²) in [6.07, 6.45) is 3.68. The lowest BCUT2D eigenvalue weighted by atomic mass is 9.79. The van der Waals surface area contributed by atoms with Crippen molar-refractivity contribution in [2.45, 2.75) is 52.0 Å². The fraction of sp³-hybridized carbons (Fsp3) is 0.281. The smallest absolute Gasteiger partial charge is 0.343 e. The normalized spacial score (nSPS) is 19.1. The summed E-state index contributed by atoms with van der Waals surface area (Å²) in [5, 5.41) is 0. The SMILES string of the molecule is CCCN1c2ccc(C=C3C(=O)N(c4ccccc4)C(=O)N(c4ccccc4)C3=O)cc2C(C)CC1(C)C. The van der Waals surface area contributed by atoms with Crippen LogP contribution in [0.3, 0.4) is 0 Å². The van der Waals surface area contributed by atoms with Crippen LogP contribution in [0.5, 0.6) is 0 Å². The van der Waals surface area contributed by atoms with E-state index in [1.165, 1.54) is 11.3 Å². The number of anilines is 3. The third-order valence-electron chi connectivity index (χ3n) is 7.45. The van der Waals surface area contributed by atoms with Crippen molar-refractivity contribution in [2.75, 3.05) is 21.2 Å². The minimum Gasteiger partial charge on any atom is -0.366 e. The molecule has 0 aliphatic carbocycles. The highest BCUT2D eigenvalue weighted by Crippen LogP contribution is 2.44. The van der Waals surface area contributed by atoms with Gasteiger partial charge in [0.2, 0.25) is 0 Å². The molecule has 1 atom stereocenters. The number of hydrogen-bond donors (Lipinski definition) is 0. The molecule has 1 unspecified atom stereocenters. The van der Waals surface area contributed by atoms with E-state index in [1.54, 1.807) is 54.6 Å². The van der Waals surface area contributed by atoms with E-state index in [-0.39, 0.29) is 11.1 Å². The van der Waals surface area contributed by atoms with Crippen LogP contribution < -0.4 is 14.7 Å². The molecule has 0 saturated carbocycles. The molecule has 3 aromatic rings. The molecule has 2 heterocycles. The van der Waals surface area contributed by atoms with Crippen LogP contribution in [0.1, 0.15) is 57.6 Å². The minimum absolute atomic E-state index is 0.0461. The first kappa shape index (κ1) is 25.5. The fourth-order valence-electron chi connectivity index (χ4n) is 5.75. The van der Waals surface area contributed by atoms with Crippen LogP contribution in [-0.2, 0) is 9.59 Å². The summed E-state index contributed by atoms with van der Waals surface area (Å²) >= 11 is 0. The number of urea groups is 1. The lowest BCUT2D eigenvalue weighted by Gasteiger charge is -2.47. The summed E-state index contributed by atoms with van der Waals surface area (Å²) < 4.78 is 0. The van der Waals surface area contributed by atoms with Crippen molar-refractivity contribution in [3.8, 4) is 0 Å². The predicted molar refractivity (Wildman–Crippen MR) is 152 cm³/mol. The lowest BCUT2D eigenvalue weighted by Crippen LogP contribution is -2.57. The molecule has 1 fully saturated rings. The van der Waals surface area contributed by atoms with Crippen LogP contribution in [-0.4, -0.2) is 29.9 Å². The number of imide groups is 2. The molecule has 0 spiro atoms. The molecule has 0 N–H and O–H groups in total. The maximum absolute atomic E-state index is 13.7. The molecule has 6 heteroatoms. The number of rotatable bonds is 5. The van der Waals surface area contributed by atoms with E-state index in [1.807, 2.05) is 18.2 Å². The van der Waals surface area contributed by atoms with Crippen molar-refractivity contribution >= 4 is 41.0 Å². The average molecular weight is 508 g/mol. The number of carbonyl (C=O) groups is 3. The summed E-state index contributed by atoms with van der Waals surface area (Å²) in [7, 11) is 0. The van der Waals surface area contributed by atoms with E-state index >= 15 is 0 Å². The van der Waals surface area contributed by atoms with Gasteiger partial charge in [0.25, 0.3) is 11.8 Å². The summed E-state index contributed by atoms with van der Waals surface area (Å²) in [5.74, 6) is -0.928. The second-order valence-electron chi connectivity index (χ2n) is 10.7. The molecule has 0 bridgehead atoms. The van der Waals surface area contributed by atoms with Crippen molar-refractivity contribution in [2.24, 2.45) is 0 Å². The summed E-state index contributed by atoms with van der Waals surface area (Å²) in [6, 6.07) is 22.9. The number of amides is 4. The van der Waals surface area contributed by atoms with Gasteiger partial charge in [0.15, 0.2) is 0 Å². The lowest BCUT2D eigenvalue weighted by molar-refractivity contribution is -0.121. The molecule has 2 aliphatic rings. The highest BCUT2D eigenvalue weighted by molar-refractivity contribution is 6.46. The van der Waals surface area contributed by atoms with Gasteiger partial charge in [-0.15, -0.1) is 0 Å². The number of nitrogens with zero attached hydrogens (tertiary/aromatic N) is 3. The van der Waals surface area contributed by atoms with Crippen LogP contribution in [0.25, 0.3) is 6.08 Å². The first-order chi connectivity index (χ1) is 18.2. The summed E-state index contributed by atoms with van der Waals surface area (Å²) in [6.45, 7) is 9.94. The summed E-state index contributed by atoms with van der Waals surface area (Å²) in [5.41, 5.74) is 4.00. The quantitative estimate of drug-likeness (QED) is 0.282. The summed E-state index contributed by atoms with van der Waals surface area (Å²) in [4.78, 5) is 45.5. The third kappa shape index (κ3) is 4.40. The number of hydrogen-bond acceptors (Lipinski definition) is 4. The number of benzene rings is 3. The van der Waals surface area contributed by atoms with E-state index in [2.05, 4.69) is 44.7 Å². The van der Waals surface area contributed by atoms with E-state index in [0.717, 1.165) is 34.7 Å². The molecule has 4 amide bonds. The zero-order valence-corrected chi connectivity index (χ0v) is 22.3. The van der Waals surface area contributed by atoms with Crippen LogP contribution in [0.4, 0.5) is 21.9 Å². The Balaban J connectivity index is 1.61.